The minimum Gasteiger partial charge on any atom is -0.493 e. The van der Waals surface area contributed by atoms with Crippen molar-refractivity contribution >= 4 is 28.5 Å². The lowest BCUT2D eigenvalue weighted by atomic mass is 10.2. The molecule has 0 amide bonds. The number of thiophene rings is 1. The molecular formula is C15H17NO2S2. The van der Waals surface area contributed by atoms with E-state index >= 15 is 0 Å². The fraction of sp³-hybridized carbons (Fsp3) is 0.267. The first-order chi connectivity index (χ1) is 9.75. The summed E-state index contributed by atoms with van der Waals surface area (Å²) in [5.74, 6) is 0.786. The molecule has 0 bridgehead atoms. The van der Waals surface area contributed by atoms with Crippen LogP contribution in [0.3, 0.4) is 0 Å². The SMILES string of the molecule is NC(=S)c1cccc(OCCCOCc2cccs2)c1. The molecule has 1 aromatic carbocycles. The molecule has 1 heterocycles. The van der Waals surface area contributed by atoms with Crippen LogP contribution in [0, 0.1) is 0 Å². The molecule has 0 aliphatic rings. The summed E-state index contributed by atoms with van der Waals surface area (Å²) in [7, 11) is 0. The number of rotatable bonds is 8. The Morgan fingerprint density at radius 1 is 1.20 bits per heavy atom. The van der Waals surface area contributed by atoms with Crippen LogP contribution in [0.4, 0.5) is 0 Å². The van der Waals surface area contributed by atoms with E-state index in [2.05, 4.69) is 11.4 Å². The van der Waals surface area contributed by atoms with Gasteiger partial charge in [-0.3, -0.25) is 0 Å². The van der Waals surface area contributed by atoms with E-state index in [0.29, 0.717) is 24.8 Å². The summed E-state index contributed by atoms with van der Waals surface area (Å²) >= 11 is 6.64. The zero-order chi connectivity index (χ0) is 14.2. The summed E-state index contributed by atoms with van der Waals surface area (Å²) in [6.45, 7) is 1.98. The van der Waals surface area contributed by atoms with Crippen molar-refractivity contribution in [2.45, 2.75) is 13.0 Å². The topological polar surface area (TPSA) is 44.5 Å². The third-order valence-electron chi connectivity index (χ3n) is 2.64. The molecule has 0 atom stereocenters. The monoisotopic (exact) mass is 307 g/mol. The van der Waals surface area contributed by atoms with Crippen molar-refractivity contribution in [2.24, 2.45) is 5.73 Å². The predicted molar refractivity (Wildman–Crippen MR) is 86.4 cm³/mol. The van der Waals surface area contributed by atoms with Crippen LogP contribution in [0.25, 0.3) is 0 Å². The number of nitrogens with two attached hydrogens (primary N) is 1. The Kier molecular flexibility index (Phi) is 5.98. The van der Waals surface area contributed by atoms with Gasteiger partial charge in [0.25, 0.3) is 0 Å². The van der Waals surface area contributed by atoms with Crippen molar-refractivity contribution in [1.82, 2.24) is 0 Å². The molecule has 0 saturated carbocycles. The lowest BCUT2D eigenvalue weighted by molar-refractivity contribution is 0.109. The number of benzene rings is 1. The van der Waals surface area contributed by atoms with Gasteiger partial charge in [-0.1, -0.05) is 30.4 Å². The highest BCUT2D eigenvalue weighted by atomic mass is 32.1. The zero-order valence-corrected chi connectivity index (χ0v) is 12.7. The van der Waals surface area contributed by atoms with Gasteiger partial charge < -0.3 is 15.2 Å². The first-order valence-electron chi connectivity index (χ1n) is 6.38. The number of ether oxygens (including phenoxy) is 2. The molecule has 1 aromatic heterocycles. The van der Waals surface area contributed by atoms with Gasteiger partial charge in [-0.05, 0) is 23.6 Å². The Balaban J connectivity index is 1.63. The van der Waals surface area contributed by atoms with E-state index in [-0.39, 0.29) is 0 Å². The molecule has 2 N–H and O–H groups in total. The molecular weight excluding hydrogens is 290 g/mol. The minimum absolute atomic E-state index is 0.384. The highest BCUT2D eigenvalue weighted by Crippen LogP contribution is 2.14. The predicted octanol–water partition coefficient (Wildman–Crippen LogP) is 3.37. The maximum atomic E-state index is 5.64. The van der Waals surface area contributed by atoms with Crippen LogP contribution in [0.2, 0.25) is 0 Å². The normalized spacial score (nSPS) is 10.4. The van der Waals surface area contributed by atoms with Crippen molar-refractivity contribution in [3.8, 4) is 5.75 Å². The van der Waals surface area contributed by atoms with Crippen molar-refractivity contribution in [3.05, 3.63) is 52.2 Å². The Morgan fingerprint density at radius 2 is 2.10 bits per heavy atom. The van der Waals surface area contributed by atoms with Crippen molar-refractivity contribution in [2.75, 3.05) is 13.2 Å². The van der Waals surface area contributed by atoms with Gasteiger partial charge in [0.2, 0.25) is 0 Å². The maximum absolute atomic E-state index is 5.64. The first kappa shape index (κ1) is 15.0. The summed E-state index contributed by atoms with van der Waals surface area (Å²) in [5.41, 5.74) is 6.41. The van der Waals surface area contributed by atoms with Crippen LogP contribution in [0.5, 0.6) is 5.75 Å². The van der Waals surface area contributed by atoms with Crippen LogP contribution < -0.4 is 10.5 Å². The molecule has 0 unspecified atom stereocenters. The standard InChI is InChI=1S/C15H17NO2S2/c16-15(19)12-4-1-5-13(10-12)18-8-3-7-17-11-14-6-2-9-20-14/h1-2,4-6,9-10H,3,7-8,11H2,(H2,16,19). The fourth-order valence-corrected chi connectivity index (χ4v) is 2.43. The molecule has 0 fully saturated rings. The molecule has 0 aliphatic carbocycles. The van der Waals surface area contributed by atoms with Crippen molar-refractivity contribution in [3.63, 3.8) is 0 Å². The molecule has 5 heteroatoms. The van der Waals surface area contributed by atoms with Crippen LogP contribution in [0.1, 0.15) is 16.9 Å². The fourth-order valence-electron chi connectivity index (χ4n) is 1.66. The Bertz CT molecular complexity index is 541. The van der Waals surface area contributed by atoms with Crippen LogP contribution in [-0.4, -0.2) is 18.2 Å². The average molecular weight is 307 g/mol. The van der Waals surface area contributed by atoms with Gasteiger partial charge >= 0.3 is 0 Å². The third kappa shape index (κ3) is 4.92. The van der Waals surface area contributed by atoms with Crippen LogP contribution >= 0.6 is 23.6 Å². The molecule has 106 valence electrons. The van der Waals surface area contributed by atoms with Crippen molar-refractivity contribution in [1.29, 1.82) is 0 Å². The lowest BCUT2D eigenvalue weighted by Gasteiger charge is -2.08. The Hall–Kier alpha value is -1.43. The van der Waals surface area contributed by atoms with E-state index in [9.17, 15) is 0 Å². The average Bonchev–Trinajstić information content (AvgIpc) is 2.96. The van der Waals surface area contributed by atoms with E-state index in [4.69, 9.17) is 27.4 Å². The summed E-state index contributed by atoms with van der Waals surface area (Å²) in [6, 6.07) is 11.6. The summed E-state index contributed by atoms with van der Waals surface area (Å²) in [4.78, 5) is 1.63. The van der Waals surface area contributed by atoms with Gasteiger partial charge in [0.05, 0.1) is 19.8 Å². The lowest BCUT2D eigenvalue weighted by Crippen LogP contribution is -2.09. The number of hydrogen-bond acceptors (Lipinski definition) is 4. The van der Waals surface area contributed by atoms with Gasteiger partial charge in [-0.2, -0.15) is 0 Å². The number of hydrogen-bond donors (Lipinski definition) is 1. The Morgan fingerprint density at radius 3 is 2.85 bits per heavy atom. The van der Waals surface area contributed by atoms with Gasteiger partial charge in [-0.25, -0.2) is 0 Å². The van der Waals surface area contributed by atoms with Gasteiger partial charge in [0.15, 0.2) is 0 Å². The second-order valence-corrected chi connectivity index (χ2v) is 5.70. The second-order valence-electron chi connectivity index (χ2n) is 4.23. The van der Waals surface area contributed by atoms with Gasteiger partial charge in [0.1, 0.15) is 10.7 Å². The third-order valence-corrected chi connectivity index (χ3v) is 3.73. The molecule has 2 rings (SSSR count). The second kappa shape index (κ2) is 7.99. The van der Waals surface area contributed by atoms with E-state index in [1.165, 1.54) is 4.88 Å². The van der Waals surface area contributed by atoms with Crippen LogP contribution in [0.15, 0.2) is 41.8 Å². The summed E-state index contributed by atoms with van der Waals surface area (Å²) < 4.78 is 11.2. The first-order valence-corrected chi connectivity index (χ1v) is 7.67. The highest BCUT2D eigenvalue weighted by Gasteiger charge is 1.99. The minimum atomic E-state index is 0.384. The van der Waals surface area contributed by atoms with Gasteiger partial charge in [-0.15, -0.1) is 11.3 Å². The quantitative estimate of drug-likeness (QED) is 0.600. The maximum Gasteiger partial charge on any atom is 0.119 e. The smallest absolute Gasteiger partial charge is 0.119 e. The highest BCUT2D eigenvalue weighted by molar-refractivity contribution is 7.80. The van der Waals surface area contributed by atoms with Gasteiger partial charge in [0, 0.05) is 16.9 Å². The van der Waals surface area contributed by atoms with E-state index in [1.54, 1.807) is 11.3 Å². The zero-order valence-electron chi connectivity index (χ0n) is 11.1. The molecule has 0 radical (unpaired) electrons. The van der Waals surface area contributed by atoms with Crippen molar-refractivity contribution < 1.29 is 9.47 Å². The Labute approximate surface area is 128 Å². The van der Waals surface area contributed by atoms with E-state index in [0.717, 1.165) is 17.7 Å². The van der Waals surface area contributed by atoms with Crippen LogP contribution in [-0.2, 0) is 11.3 Å². The molecule has 3 nitrogen and oxygen atoms in total. The molecule has 0 spiro atoms. The summed E-state index contributed by atoms with van der Waals surface area (Å²) in [6.07, 6.45) is 0.850. The molecule has 2 aromatic rings. The molecule has 20 heavy (non-hydrogen) atoms. The largest absolute Gasteiger partial charge is 0.493 e. The molecule has 0 saturated heterocycles. The van der Waals surface area contributed by atoms with E-state index in [1.807, 2.05) is 30.3 Å². The molecule has 0 aliphatic heterocycles. The van der Waals surface area contributed by atoms with E-state index < -0.39 is 0 Å². The summed E-state index contributed by atoms with van der Waals surface area (Å²) in [5, 5.41) is 2.05. The number of thiocarbonyl (C=S) groups is 1.